The van der Waals surface area contributed by atoms with Crippen molar-refractivity contribution in [1.82, 2.24) is 9.80 Å². The molecule has 0 fully saturated rings. The van der Waals surface area contributed by atoms with Crippen molar-refractivity contribution < 1.29 is 14.6 Å². The van der Waals surface area contributed by atoms with Crippen molar-refractivity contribution in [1.29, 1.82) is 0 Å². The van der Waals surface area contributed by atoms with Crippen LogP contribution in [0.2, 0.25) is 0 Å². The first-order valence-electron chi connectivity index (χ1n) is 10.8. The number of hydrogen-bond donors (Lipinski definition) is 1. The molecule has 3 aromatic rings. The van der Waals surface area contributed by atoms with Gasteiger partial charge in [-0.25, -0.2) is 0 Å². The molecule has 5 nitrogen and oxygen atoms in total. The number of ether oxygens (including phenoxy) is 1. The largest absolute Gasteiger partial charge is 0.390 e. The fourth-order valence-electron chi connectivity index (χ4n) is 4.38. The van der Waals surface area contributed by atoms with Crippen LogP contribution >= 0.6 is 11.3 Å². The van der Waals surface area contributed by atoms with Gasteiger partial charge in [-0.2, -0.15) is 0 Å². The van der Waals surface area contributed by atoms with Crippen molar-refractivity contribution in [2.45, 2.75) is 25.6 Å². The summed E-state index contributed by atoms with van der Waals surface area (Å²) in [5, 5.41) is 11.8. The van der Waals surface area contributed by atoms with E-state index < -0.39 is 6.10 Å². The van der Waals surface area contributed by atoms with E-state index in [1.165, 1.54) is 22.5 Å². The van der Waals surface area contributed by atoms with Crippen LogP contribution in [0.3, 0.4) is 0 Å². The third-order valence-corrected chi connectivity index (χ3v) is 7.20. The number of rotatable bonds is 7. The molecule has 2 aromatic carbocycles. The molecule has 0 saturated carbocycles. The van der Waals surface area contributed by atoms with Gasteiger partial charge in [0, 0.05) is 50.6 Å². The van der Waals surface area contributed by atoms with Crippen LogP contribution in [-0.4, -0.2) is 67.3 Å². The molecular formula is C25H30N2O3S. The predicted molar refractivity (Wildman–Crippen MR) is 126 cm³/mol. The first-order valence-corrected chi connectivity index (χ1v) is 11.6. The molecule has 0 saturated heterocycles. The van der Waals surface area contributed by atoms with Crippen molar-refractivity contribution in [2.75, 3.05) is 40.3 Å². The zero-order valence-corrected chi connectivity index (χ0v) is 19.0. The third kappa shape index (κ3) is 4.99. The van der Waals surface area contributed by atoms with Gasteiger partial charge in [0.15, 0.2) is 0 Å². The van der Waals surface area contributed by atoms with Gasteiger partial charge >= 0.3 is 0 Å². The van der Waals surface area contributed by atoms with E-state index in [0.717, 1.165) is 41.6 Å². The molecular weight excluding hydrogens is 408 g/mol. The summed E-state index contributed by atoms with van der Waals surface area (Å²) in [6, 6.07) is 16.6. The summed E-state index contributed by atoms with van der Waals surface area (Å²) in [5.74, 6) is -0.0597. The van der Waals surface area contributed by atoms with Gasteiger partial charge < -0.3 is 19.6 Å². The second kappa shape index (κ2) is 9.92. The molecule has 0 bridgehead atoms. The highest BCUT2D eigenvalue weighted by Crippen LogP contribution is 2.32. The molecule has 2 heterocycles. The lowest BCUT2D eigenvalue weighted by atomic mass is 10.0. The van der Waals surface area contributed by atoms with Crippen LogP contribution in [0.25, 0.3) is 10.1 Å². The maximum absolute atomic E-state index is 13.2. The monoisotopic (exact) mass is 438 g/mol. The average Bonchev–Trinajstić information content (AvgIpc) is 3.01. The van der Waals surface area contributed by atoms with E-state index >= 15 is 0 Å². The Morgan fingerprint density at radius 2 is 1.77 bits per heavy atom. The number of aliphatic hydroxyl groups excluding tert-OH is 1. The van der Waals surface area contributed by atoms with Gasteiger partial charge in [-0.3, -0.25) is 4.79 Å². The number of aliphatic hydroxyl groups is 1. The highest BCUT2D eigenvalue weighted by atomic mass is 32.1. The van der Waals surface area contributed by atoms with E-state index in [4.69, 9.17) is 4.74 Å². The summed E-state index contributed by atoms with van der Waals surface area (Å²) in [6.45, 7) is 3.14. The van der Waals surface area contributed by atoms with Crippen LogP contribution in [0, 0.1) is 0 Å². The molecule has 1 aromatic heterocycles. The number of fused-ring (bicyclic) bond motifs is 2. The zero-order valence-electron chi connectivity index (χ0n) is 18.2. The smallest absolute Gasteiger partial charge is 0.264 e. The predicted octanol–water partition coefficient (Wildman–Crippen LogP) is 3.58. The number of β-amino-alcohol motifs (C(OH)–C–C–N with tert-alkyl or cyclic N) is 1. The summed E-state index contributed by atoms with van der Waals surface area (Å²) in [4.78, 5) is 17.8. The van der Waals surface area contributed by atoms with Crippen molar-refractivity contribution in [3.05, 3.63) is 70.1 Å². The first-order chi connectivity index (χ1) is 15.1. The maximum atomic E-state index is 13.2. The normalized spacial score (nSPS) is 15.5. The molecule has 0 spiro atoms. The lowest BCUT2D eigenvalue weighted by Crippen LogP contribution is -2.41. The Morgan fingerprint density at radius 3 is 2.45 bits per heavy atom. The molecule has 1 unspecified atom stereocenters. The molecule has 1 aliphatic rings. The van der Waals surface area contributed by atoms with Crippen molar-refractivity contribution >= 4 is 27.3 Å². The molecule has 31 heavy (non-hydrogen) atoms. The van der Waals surface area contributed by atoms with Gasteiger partial charge in [0.2, 0.25) is 0 Å². The quantitative estimate of drug-likeness (QED) is 0.613. The topological polar surface area (TPSA) is 53.0 Å². The van der Waals surface area contributed by atoms with E-state index in [0.29, 0.717) is 24.6 Å². The Morgan fingerprint density at radius 1 is 1.13 bits per heavy atom. The summed E-state index contributed by atoms with van der Waals surface area (Å²) < 4.78 is 6.44. The Bertz CT molecular complexity index is 1020. The van der Waals surface area contributed by atoms with E-state index in [1.54, 1.807) is 19.1 Å². The zero-order chi connectivity index (χ0) is 21.8. The third-order valence-electron chi connectivity index (χ3n) is 5.99. The molecule has 0 radical (unpaired) electrons. The second-order valence-electron chi connectivity index (χ2n) is 8.25. The number of amides is 1. The van der Waals surface area contributed by atoms with Crippen LogP contribution < -0.4 is 0 Å². The number of carbonyl (C=O) groups excluding carboxylic acids is 1. The second-order valence-corrected chi connectivity index (χ2v) is 9.30. The minimum Gasteiger partial charge on any atom is -0.390 e. The van der Waals surface area contributed by atoms with Gasteiger partial charge in [-0.05, 0) is 35.4 Å². The molecule has 0 aliphatic carbocycles. The molecule has 1 amide bonds. The van der Waals surface area contributed by atoms with Crippen LogP contribution in [0.15, 0.2) is 48.5 Å². The van der Waals surface area contributed by atoms with E-state index in [-0.39, 0.29) is 5.91 Å². The Labute approximate surface area is 187 Å². The fraction of sp³-hybridized carbons (Fsp3) is 0.400. The minimum atomic E-state index is -0.588. The number of nitrogens with zero attached hydrogens (tertiary/aromatic N) is 2. The summed E-state index contributed by atoms with van der Waals surface area (Å²) in [6.07, 6.45) is 1.41. The highest BCUT2D eigenvalue weighted by molar-refractivity contribution is 7.21. The molecule has 4 rings (SSSR count). The van der Waals surface area contributed by atoms with Crippen LogP contribution in [-0.2, 0) is 24.2 Å². The summed E-state index contributed by atoms with van der Waals surface area (Å²) >= 11 is 1.50. The van der Waals surface area contributed by atoms with Crippen LogP contribution in [0.1, 0.15) is 26.4 Å². The van der Waals surface area contributed by atoms with Crippen molar-refractivity contribution in [3.8, 4) is 0 Å². The molecule has 1 N–H and O–H groups in total. The maximum Gasteiger partial charge on any atom is 0.264 e. The van der Waals surface area contributed by atoms with E-state index in [9.17, 15) is 9.90 Å². The molecule has 164 valence electrons. The first kappa shape index (κ1) is 22.0. The van der Waals surface area contributed by atoms with Crippen LogP contribution in [0.4, 0.5) is 0 Å². The van der Waals surface area contributed by atoms with E-state index in [1.807, 2.05) is 24.3 Å². The van der Waals surface area contributed by atoms with Gasteiger partial charge in [0.25, 0.3) is 5.91 Å². The number of hydrogen-bond acceptors (Lipinski definition) is 5. The van der Waals surface area contributed by atoms with Crippen molar-refractivity contribution in [3.63, 3.8) is 0 Å². The lowest BCUT2D eigenvalue weighted by Gasteiger charge is -2.26. The average molecular weight is 439 g/mol. The SMILES string of the molecule is COCc1c(C(=O)N(C)CC(O)CN2CCc3ccccc3CC2)sc2ccccc12. The number of likely N-dealkylation sites (N-methyl/N-ethyl adjacent to an activating group) is 1. The van der Waals surface area contributed by atoms with E-state index in [2.05, 4.69) is 29.2 Å². The molecule has 1 aliphatic heterocycles. The number of benzene rings is 2. The van der Waals surface area contributed by atoms with Gasteiger partial charge in [0.05, 0.1) is 17.6 Å². The highest BCUT2D eigenvalue weighted by Gasteiger charge is 2.24. The van der Waals surface area contributed by atoms with Crippen LogP contribution in [0.5, 0.6) is 0 Å². The standard InChI is InChI=1S/C25H30N2O3S/c1-26(25(29)24-22(17-30-2)21-9-5-6-10-23(21)31-24)15-20(28)16-27-13-11-18-7-3-4-8-19(18)12-14-27/h3-10,20,28H,11-17H2,1-2H3. The van der Waals surface area contributed by atoms with Gasteiger partial charge in [-0.15, -0.1) is 11.3 Å². The van der Waals surface area contributed by atoms with Gasteiger partial charge in [0.1, 0.15) is 0 Å². The summed E-state index contributed by atoms with van der Waals surface area (Å²) in [5.41, 5.74) is 3.74. The van der Waals surface area contributed by atoms with Gasteiger partial charge in [-0.1, -0.05) is 42.5 Å². The molecule has 6 heteroatoms. The fourth-order valence-corrected chi connectivity index (χ4v) is 5.59. The number of carbonyl (C=O) groups is 1. The molecule has 1 atom stereocenters. The summed E-state index contributed by atoms with van der Waals surface area (Å²) in [7, 11) is 3.42. The number of methoxy groups -OCH3 is 1. The Hall–Kier alpha value is -2.25. The Balaban J connectivity index is 1.39. The van der Waals surface area contributed by atoms with Crippen molar-refractivity contribution in [2.24, 2.45) is 0 Å². The lowest BCUT2D eigenvalue weighted by molar-refractivity contribution is 0.0593. The number of thiophene rings is 1. The minimum absolute atomic E-state index is 0.0597. The Kier molecular flexibility index (Phi) is 7.02.